The lowest BCUT2D eigenvalue weighted by atomic mass is 10.1. The van der Waals surface area contributed by atoms with Crippen molar-refractivity contribution >= 4 is 17.5 Å². The van der Waals surface area contributed by atoms with Crippen molar-refractivity contribution in [1.29, 1.82) is 0 Å². The van der Waals surface area contributed by atoms with Gasteiger partial charge in [-0.2, -0.15) is 4.98 Å². The number of aliphatic hydroxyl groups is 1. The van der Waals surface area contributed by atoms with Gasteiger partial charge in [0.05, 0.1) is 12.7 Å². The summed E-state index contributed by atoms with van der Waals surface area (Å²) in [5, 5.41) is 14.7. The average Bonchev–Trinajstić information content (AvgIpc) is 3.40. The molecule has 1 unspecified atom stereocenters. The van der Waals surface area contributed by atoms with Gasteiger partial charge in [-0.1, -0.05) is 16.8 Å². The molecule has 0 bridgehead atoms. The maximum Gasteiger partial charge on any atom is 0.254 e. The number of rotatable bonds is 7. The van der Waals surface area contributed by atoms with E-state index >= 15 is 0 Å². The Bertz CT molecular complexity index is 1100. The van der Waals surface area contributed by atoms with E-state index in [9.17, 15) is 18.7 Å². The van der Waals surface area contributed by atoms with Crippen LogP contribution < -0.4 is 4.74 Å². The summed E-state index contributed by atoms with van der Waals surface area (Å²) in [6.45, 7) is 0.893. The summed E-state index contributed by atoms with van der Waals surface area (Å²) < 4.78 is 36.6. The molecular formula is C23H22ClF2N3O4. The Balaban J connectivity index is 1.46. The lowest BCUT2D eigenvalue weighted by Gasteiger charge is -2.21. The molecule has 1 fully saturated rings. The molecule has 1 N–H and O–H groups in total. The average molecular weight is 478 g/mol. The van der Waals surface area contributed by atoms with Crippen LogP contribution >= 0.6 is 11.6 Å². The van der Waals surface area contributed by atoms with Crippen LogP contribution in [0.25, 0.3) is 11.4 Å². The second-order valence-electron chi connectivity index (χ2n) is 8.02. The van der Waals surface area contributed by atoms with Gasteiger partial charge >= 0.3 is 0 Å². The van der Waals surface area contributed by atoms with E-state index in [0.717, 1.165) is 6.92 Å². The van der Waals surface area contributed by atoms with Gasteiger partial charge in [-0.15, -0.1) is 0 Å². The van der Waals surface area contributed by atoms with E-state index in [1.165, 1.54) is 4.90 Å². The van der Waals surface area contributed by atoms with Crippen molar-refractivity contribution < 1.29 is 27.9 Å². The minimum Gasteiger partial charge on any atom is -0.493 e. The van der Waals surface area contributed by atoms with E-state index in [2.05, 4.69) is 10.1 Å². The zero-order chi connectivity index (χ0) is 23.6. The number of carbonyl (C=O) groups excluding carboxylic acids is 1. The summed E-state index contributed by atoms with van der Waals surface area (Å²) >= 11 is 5.90. The van der Waals surface area contributed by atoms with Gasteiger partial charge in [0.1, 0.15) is 11.8 Å². The summed E-state index contributed by atoms with van der Waals surface area (Å²) in [7, 11) is 0. The van der Waals surface area contributed by atoms with Gasteiger partial charge < -0.3 is 19.3 Å². The third-order valence-corrected chi connectivity index (χ3v) is 5.53. The molecular weight excluding hydrogens is 456 g/mol. The summed E-state index contributed by atoms with van der Waals surface area (Å²) in [4.78, 5) is 18.9. The molecule has 1 amide bonds. The first kappa shape index (κ1) is 23.1. The van der Waals surface area contributed by atoms with E-state index in [1.807, 2.05) is 0 Å². The molecule has 4 rings (SSSR count). The summed E-state index contributed by atoms with van der Waals surface area (Å²) in [5.74, 6) is -2.08. The van der Waals surface area contributed by atoms with Crippen molar-refractivity contribution in [3.63, 3.8) is 0 Å². The number of ether oxygens (including phenoxy) is 1. The van der Waals surface area contributed by atoms with Crippen LogP contribution in [0.5, 0.6) is 5.75 Å². The van der Waals surface area contributed by atoms with E-state index in [1.54, 1.807) is 48.5 Å². The number of nitrogens with zero attached hydrogens (tertiary/aromatic N) is 3. The van der Waals surface area contributed by atoms with Crippen LogP contribution in [-0.2, 0) is 0 Å². The number of halogens is 3. The van der Waals surface area contributed by atoms with Crippen molar-refractivity contribution in [2.75, 3.05) is 13.2 Å². The summed E-state index contributed by atoms with van der Waals surface area (Å²) in [6.07, 6.45) is -0.814. The van der Waals surface area contributed by atoms with E-state index in [-0.39, 0.29) is 37.8 Å². The Kier molecular flexibility index (Phi) is 6.62. The molecule has 1 aliphatic rings. The zero-order valence-electron chi connectivity index (χ0n) is 17.7. The molecule has 0 spiro atoms. The van der Waals surface area contributed by atoms with Crippen LogP contribution in [0.1, 0.15) is 42.1 Å². The SMILES string of the molecule is CC(F)(F)CCOc1ccc(-c2noc(C3C[C@@H](O)CN3C(=O)c3ccc(Cl)cc3)n2)cc1. The molecule has 1 aliphatic heterocycles. The van der Waals surface area contributed by atoms with Crippen LogP contribution in [0.2, 0.25) is 5.02 Å². The highest BCUT2D eigenvalue weighted by molar-refractivity contribution is 6.30. The normalized spacial score (nSPS) is 18.5. The fourth-order valence-corrected chi connectivity index (χ4v) is 3.69. The summed E-state index contributed by atoms with van der Waals surface area (Å²) in [6, 6.07) is 12.6. The van der Waals surface area contributed by atoms with Gasteiger partial charge in [-0.05, 0) is 55.5 Å². The topological polar surface area (TPSA) is 88.7 Å². The van der Waals surface area contributed by atoms with E-state index < -0.39 is 18.1 Å². The highest BCUT2D eigenvalue weighted by atomic mass is 35.5. The predicted octanol–water partition coefficient (Wildman–Crippen LogP) is 4.76. The molecule has 2 atom stereocenters. The number of aromatic nitrogens is 2. The second-order valence-corrected chi connectivity index (χ2v) is 8.46. The quantitative estimate of drug-likeness (QED) is 0.527. The van der Waals surface area contributed by atoms with Crippen molar-refractivity contribution in [2.45, 2.75) is 37.8 Å². The zero-order valence-corrected chi connectivity index (χ0v) is 18.5. The number of hydrogen-bond acceptors (Lipinski definition) is 6. The molecule has 10 heteroatoms. The third kappa shape index (κ3) is 5.66. The number of β-amino-alcohol motifs (C(OH)–C–C–N with tert-alkyl or cyclic N) is 1. The van der Waals surface area contributed by atoms with Crippen LogP contribution in [-0.4, -0.2) is 51.2 Å². The second kappa shape index (κ2) is 9.44. The number of hydrogen-bond donors (Lipinski definition) is 1. The molecule has 33 heavy (non-hydrogen) atoms. The van der Waals surface area contributed by atoms with Crippen LogP contribution in [0.4, 0.5) is 8.78 Å². The molecule has 0 radical (unpaired) electrons. The van der Waals surface area contributed by atoms with Gasteiger partial charge in [0, 0.05) is 35.5 Å². The van der Waals surface area contributed by atoms with Crippen molar-refractivity contribution in [3.05, 3.63) is 65.0 Å². The Morgan fingerprint density at radius 1 is 1.24 bits per heavy atom. The number of benzene rings is 2. The van der Waals surface area contributed by atoms with Crippen LogP contribution in [0.3, 0.4) is 0 Å². The highest BCUT2D eigenvalue weighted by Gasteiger charge is 2.39. The Morgan fingerprint density at radius 3 is 2.61 bits per heavy atom. The number of carbonyl (C=O) groups is 1. The number of amides is 1. The minimum atomic E-state index is -2.78. The minimum absolute atomic E-state index is 0.101. The van der Waals surface area contributed by atoms with Crippen molar-refractivity contribution in [1.82, 2.24) is 15.0 Å². The molecule has 7 nitrogen and oxygen atoms in total. The standard InChI is InChI=1S/C23H22ClF2N3O4/c1-23(25,26)10-11-32-18-8-4-14(5-9-18)20-27-21(33-28-20)19-12-17(30)13-29(19)22(31)15-2-6-16(24)7-3-15/h2-9,17,19,30H,10-13H2,1H3/t17-,19?/m1/s1. The Morgan fingerprint density at radius 2 is 1.94 bits per heavy atom. The maximum atomic E-state index is 13.0. The summed E-state index contributed by atoms with van der Waals surface area (Å²) in [5.41, 5.74) is 1.07. The van der Waals surface area contributed by atoms with Crippen molar-refractivity contribution in [2.24, 2.45) is 0 Å². The van der Waals surface area contributed by atoms with Gasteiger partial charge in [0.25, 0.3) is 5.91 Å². The number of aliphatic hydroxyl groups excluding tert-OH is 1. The first-order valence-corrected chi connectivity index (χ1v) is 10.8. The van der Waals surface area contributed by atoms with Gasteiger partial charge in [-0.25, -0.2) is 8.78 Å². The first-order valence-electron chi connectivity index (χ1n) is 10.4. The van der Waals surface area contributed by atoms with Crippen LogP contribution in [0, 0.1) is 0 Å². The monoisotopic (exact) mass is 477 g/mol. The smallest absolute Gasteiger partial charge is 0.254 e. The third-order valence-electron chi connectivity index (χ3n) is 5.28. The van der Waals surface area contributed by atoms with Crippen LogP contribution in [0.15, 0.2) is 53.1 Å². The fraction of sp³-hybridized carbons (Fsp3) is 0.348. The molecule has 0 aliphatic carbocycles. The maximum absolute atomic E-state index is 13.0. The largest absolute Gasteiger partial charge is 0.493 e. The van der Waals surface area contributed by atoms with Gasteiger partial charge in [-0.3, -0.25) is 4.79 Å². The molecule has 1 aromatic heterocycles. The number of alkyl halides is 2. The fourth-order valence-electron chi connectivity index (χ4n) is 3.57. The molecule has 2 heterocycles. The Labute approximate surface area is 193 Å². The van der Waals surface area contributed by atoms with E-state index in [4.69, 9.17) is 20.9 Å². The molecule has 3 aromatic rings. The van der Waals surface area contributed by atoms with Gasteiger partial charge in [0.15, 0.2) is 0 Å². The molecule has 2 aromatic carbocycles. The van der Waals surface area contributed by atoms with Crippen molar-refractivity contribution in [3.8, 4) is 17.1 Å². The molecule has 1 saturated heterocycles. The highest BCUT2D eigenvalue weighted by Crippen LogP contribution is 2.34. The number of likely N-dealkylation sites (tertiary alicyclic amines) is 1. The van der Waals surface area contributed by atoms with E-state index in [0.29, 0.717) is 27.7 Å². The molecule has 174 valence electrons. The predicted molar refractivity (Wildman–Crippen MR) is 116 cm³/mol. The van der Waals surface area contributed by atoms with Gasteiger partial charge in [0.2, 0.25) is 17.6 Å². The lowest BCUT2D eigenvalue weighted by molar-refractivity contribution is 0.000853. The first-order chi connectivity index (χ1) is 15.7. The Hall–Kier alpha value is -3.04. The molecule has 0 saturated carbocycles. The lowest BCUT2D eigenvalue weighted by Crippen LogP contribution is -2.31.